The average molecular weight is 382 g/mol. The van der Waals surface area contributed by atoms with E-state index in [1.54, 1.807) is 0 Å². The van der Waals surface area contributed by atoms with Crippen LogP contribution in [-0.4, -0.2) is 30.3 Å². The quantitative estimate of drug-likeness (QED) is 0.568. The number of piperidine rings is 1. The Morgan fingerprint density at radius 3 is 1.97 bits per heavy atom. The molecule has 2 heteroatoms. The Labute approximate surface area is 173 Å². The number of likely N-dealkylation sites (tertiary alicyclic amines) is 1. The van der Waals surface area contributed by atoms with Crippen LogP contribution in [-0.2, 0) is 4.79 Å². The van der Waals surface area contributed by atoms with Crippen molar-refractivity contribution in [2.45, 2.75) is 12.3 Å². The summed E-state index contributed by atoms with van der Waals surface area (Å²) < 4.78 is 0. The Balaban J connectivity index is 1.54. The van der Waals surface area contributed by atoms with Crippen molar-refractivity contribution in [2.75, 3.05) is 19.6 Å². The third-order valence-electron chi connectivity index (χ3n) is 5.74. The third kappa shape index (κ3) is 4.90. The fourth-order valence-electron chi connectivity index (χ4n) is 4.26. The molecule has 1 fully saturated rings. The molecule has 1 unspecified atom stereocenters. The second kappa shape index (κ2) is 9.49. The number of nitrogens with zero attached hydrogens (tertiary/aromatic N) is 1. The molecule has 3 aromatic carbocycles. The molecule has 1 saturated heterocycles. The molecular weight excluding hydrogens is 354 g/mol. The van der Waals surface area contributed by atoms with Gasteiger partial charge in [0.2, 0.25) is 0 Å². The molecule has 1 aliphatic rings. The van der Waals surface area contributed by atoms with Crippen LogP contribution < -0.4 is 0 Å². The van der Waals surface area contributed by atoms with Crippen molar-refractivity contribution in [1.82, 2.24) is 4.90 Å². The van der Waals surface area contributed by atoms with E-state index in [-0.39, 0.29) is 11.8 Å². The summed E-state index contributed by atoms with van der Waals surface area (Å²) in [5, 5.41) is 0. The van der Waals surface area contributed by atoms with E-state index < -0.39 is 0 Å². The molecule has 29 heavy (non-hydrogen) atoms. The maximum atomic E-state index is 13.0. The minimum atomic E-state index is -0.0151. The van der Waals surface area contributed by atoms with Gasteiger partial charge in [-0.25, -0.2) is 0 Å². The summed E-state index contributed by atoms with van der Waals surface area (Å²) in [4.78, 5) is 15.4. The Morgan fingerprint density at radius 1 is 0.828 bits per heavy atom. The molecule has 1 aliphatic heterocycles. The van der Waals surface area contributed by atoms with Crippen LogP contribution in [0, 0.1) is 5.92 Å². The minimum absolute atomic E-state index is 0.0151. The van der Waals surface area contributed by atoms with Gasteiger partial charge in [0, 0.05) is 37.9 Å². The van der Waals surface area contributed by atoms with E-state index in [0.29, 0.717) is 12.2 Å². The zero-order valence-corrected chi connectivity index (χ0v) is 16.7. The Morgan fingerprint density at radius 2 is 1.38 bits per heavy atom. The van der Waals surface area contributed by atoms with Gasteiger partial charge in [-0.05, 0) is 16.7 Å². The molecule has 0 spiro atoms. The second-order valence-corrected chi connectivity index (χ2v) is 7.69. The van der Waals surface area contributed by atoms with Crippen LogP contribution in [0.25, 0.3) is 6.08 Å². The molecule has 1 heterocycles. The number of carbonyl (C=O) groups excluding carboxylic acids is 1. The summed E-state index contributed by atoms with van der Waals surface area (Å²) in [6.07, 6.45) is 5.00. The predicted molar refractivity (Wildman–Crippen MR) is 120 cm³/mol. The van der Waals surface area contributed by atoms with E-state index in [1.807, 2.05) is 18.2 Å². The number of hydrogen-bond acceptors (Lipinski definition) is 2. The van der Waals surface area contributed by atoms with Gasteiger partial charge < -0.3 is 0 Å². The minimum Gasteiger partial charge on any atom is -0.299 e. The summed E-state index contributed by atoms with van der Waals surface area (Å²) in [5.74, 6) is 0.468. The van der Waals surface area contributed by atoms with Gasteiger partial charge in [0.1, 0.15) is 5.78 Å². The van der Waals surface area contributed by atoms with Gasteiger partial charge in [0.25, 0.3) is 0 Å². The largest absolute Gasteiger partial charge is 0.299 e. The number of ketones is 1. The molecule has 4 rings (SSSR count). The lowest BCUT2D eigenvalue weighted by Gasteiger charge is -2.36. The fraction of sp³-hybridized carbons (Fsp3) is 0.222. The van der Waals surface area contributed by atoms with E-state index in [9.17, 15) is 4.79 Å². The van der Waals surface area contributed by atoms with E-state index in [2.05, 4.69) is 89.8 Å². The molecule has 0 saturated carbocycles. The van der Waals surface area contributed by atoms with Crippen LogP contribution in [0.1, 0.15) is 29.0 Å². The highest BCUT2D eigenvalue weighted by Gasteiger charge is 2.34. The Bertz CT molecular complexity index is 895. The van der Waals surface area contributed by atoms with E-state index >= 15 is 0 Å². The van der Waals surface area contributed by atoms with Crippen LogP contribution in [0.15, 0.2) is 97.1 Å². The first kappa shape index (κ1) is 19.4. The summed E-state index contributed by atoms with van der Waals surface area (Å²) in [7, 11) is 0. The predicted octanol–water partition coefficient (Wildman–Crippen LogP) is 5.42. The molecule has 2 nitrogen and oxygen atoms in total. The maximum Gasteiger partial charge on any atom is 0.139 e. The van der Waals surface area contributed by atoms with Gasteiger partial charge in [-0.3, -0.25) is 9.69 Å². The highest BCUT2D eigenvalue weighted by molar-refractivity contribution is 5.83. The van der Waals surface area contributed by atoms with Crippen molar-refractivity contribution in [2.24, 2.45) is 5.92 Å². The highest BCUT2D eigenvalue weighted by atomic mass is 16.1. The average Bonchev–Trinajstić information content (AvgIpc) is 2.78. The zero-order valence-electron chi connectivity index (χ0n) is 16.7. The van der Waals surface area contributed by atoms with Crippen LogP contribution in [0.5, 0.6) is 0 Å². The standard InChI is InChI=1S/C27H27NO/c29-26-18-20-28(19-10-13-22-11-4-1-5-12-22)21-25(26)27(23-14-6-2-7-15-23)24-16-8-3-9-17-24/h1-17,25,27H,18-21H2/b13-10+. The number of hydrogen-bond donors (Lipinski definition) is 0. The first-order valence-electron chi connectivity index (χ1n) is 10.4. The normalized spacial score (nSPS) is 17.8. The monoisotopic (exact) mass is 381 g/mol. The number of Topliss-reactive ketones (excluding diaryl/α,β-unsaturated/α-hetero) is 1. The van der Waals surface area contributed by atoms with E-state index in [4.69, 9.17) is 0 Å². The van der Waals surface area contributed by atoms with Crippen molar-refractivity contribution >= 4 is 11.9 Å². The van der Waals surface area contributed by atoms with Crippen molar-refractivity contribution < 1.29 is 4.79 Å². The molecule has 0 aromatic heterocycles. The van der Waals surface area contributed by atoms with E-state index in [0.717, 1.165) is 19.6 Å². The van der Waals surface area contributed by atoms with Gasteiger partial charge in [-0.2, -0.15) is 0 Å². The second-order valence-electron chi connectivity index (χ2n) is 7.69. The molecule has 146 valence electrons. The molecule has 0 radical (unpaired) electrons. The SMILES string of the molecule is O=C1CCN(C/C=C/c2ccccc2)CC1C(c1ccccc1)c1ccccc1. The summed E-state index contributed by atoms with van der Waals surface area (Å²) in [6.45, 7) is 2.51. The molecular formula is C27H27NO. The van der Waals surface area contributed by atoms with Crippen LogP contribution in [0.2, 0.25) is 0 Å². The number of rotatable bonds is 6. The summed E-state index contributed by atoms with van der Waals surface area (Å²) in [5.41, 5.74) is 3.65. The molecule has 3 aromatic rings. The number of benzene rings is 3. The smallest absolute Gasteiger partial charge is 0.139 e. The Kier molecular flexibility index (Phi) is 6.33. The van der Waals surface area contributed by atoms with Crippen molar-refractivity contribution in [1.29, 1.82) is 0 Å². The molecule has 0 bridgehead atoms. The topological polar surface area (TPSA) is 20.3 Å². The van der Waals surface area contributed by atoms with Crippen molar-refractivity contribution in [3.8, 4) is 0 Å². The van der Waals surface area contributed by atoms with Gasteiger partial charge in [-0.1, -0.05) is 103 Å². The van der Waals surface area contributed by atoms with Crippen molar-refractivity contribution in [3.05, 3.63) is 114 Å². The zero-order chi connectivity index (χ0) is 19.9. The van der Waals surface area contributed by atoms with Gasteiger partial charge in [-0.15, -0.1) is 0 Å². The highest BCUT2D eigenvalue weighted by Crippen LogP contribution is 2.35. The molecule has 0 amide bonds. The number of carbonyl (C=O) groups is 1. The molecule has 1 atom stereocenters. The first-order chi connectivity index (χ1) is 14.3. The van der Waals surface area contributed by atoms with Gasteiger partial charge >= 0.3 is 0 Å². The summed E-state index contributed by atoms with van der Waals surface area (Å²) in [6, 6.07) is 31.3. The molecule has 0 N–H and O–H groups in total. The lowest BCUT2D eigenvalue weighted by Crippen LogP contribution is -2.43. The lowest BCUT2D eigenvalue weighted by molar-refractivity contribution is -0.126. The Hall–Kier alpha value is -2.97. The van der Waals surface area contributed by atoms with Gasteiger partial charge in [0.05, 0.1) is 0 Å². The summed E-state index contributed by atoms with van der Waals surface area (Å²) >= 11 is 0. The first-order valence-corrected chi connectivity index (χ1v) is 10.4. The maximum absolute atomic E-state index is 13.0. The third-order valence-corrected chi connectivity index (χ3v) is 5.74. The lowest BCUT2D eigenvalue weighted by atomic mass is 9.76. The van der Waals surface area contributed by atoms with E-state index in [1.165, 1.54) is 16.7 Å². The van der Waals surface area contributed by atoms with Crippen LogP contribution >= 0.6 is 0 Å². The van der Waals surface area contributed by atoms with Crippen molar-refractivity contribution in [3.63, 3.8) is 0 Å². The van der Waals surface area contributed by atoms with Crippen LogP contribution in [0.4, 0.5) is 0 Å². The van der Waals surface area contributed by atoms with Gasteiger partial charge in [0.15, 0.2) is 0 Å². The molecule has 0 aliphatic carbocycles. The fourth-order valence-corrected chi connectivity index (χ4v) is 4.26. The van der Waals surface area contributed by atoms with Crippen LogP contribution in [0.3, 0.4) is 0 Å².